The van der Waals surface area contributed by atoms with Crippen LogP contribution in [-0.4, -0.2) is 43.7 Å². The fourth-order valence-electron chi connectivity index (χ4n) is 2.96. The smallest absolute Gasteiger partial charge is 0.119 e. The van der Waals surface area contributed by atoms with Crippen LogP contribution in [0.25, 0.3) is 0 Å². The Hall–Kier alpha value is -1.06. The van der Waals surface area contributed by atoms with Crippen molar-refractivity contribution in [2.75, 3.05) is 32.8 Å². The van der Waals surface area contributed by atoms with E-state index >= 15 is 0 Å². The second kappa shape index (κ2) is 7.09. The van der Waals surface area contributed by atoms with Crippen LogP contribution in [0.15, 0.2) is 30.3 Å². The second-order valence-corrected chi connectivity index (χ2v) is 6.16. The van der Waals surface area contributed by atoms with E-state index in [4.69, 9.17) is 4.74 Å². The third-order valence-corrected chi connectivity index (χ3v) is 4.27. The molecule has 0 aromatic heterocycles. The van der Waals surface area contributed by atoms with Crippen molar-refractivity contribution in [1.29, 1.82) is 0 Å². The fraction of sp³-hybridized carbons (Fsp3) is 0.647. The zero-order chi connectivity index (χ0) is 13.6. The Morgan fingerprint density at radius 2 is 1.95 bits per heavy atom. The van der Waals surface area contributed by atoms with E-state index in [0.717, 1.165) is 24.8 Å². The summed E-state index contributed by atoms with van der Waals surface area (Å²) < 4.78 is 5.84. The molecule has 3 heteroatoms. The number of hydrogen-bond acceptors (Lipinski definition) is 3. The highest BCUT2D eigenvalue weighted by Gasteiger charge is 2.26. The maximum atomic E-state index is 5.84. The lowest BCUT2D eigenvalue weighted by molar-refractivity contribution is 0.190. The minimum absolute atomic E-state index is 0.700. The topological polar surface area (TPSA) is 24.5 Å². The molecular formula is C17H26N2O. The summed E-state index contributed by atoms with van der Waals surface area (Å²) >= 11 is 0. The minimum Gasteiger partial charge on any atom is -0.492 e. The molecule has 2 fully saturated rings. The Balaban J connectivity index is 1.42. The number of nitrogens with one attached hydrogen (secondary N) is 1. The van der Waals surface area contributed by atoms with Crippen LogP contribution in [0.5, 0.6) is 5.75 Å². The molecule has 3 rings (SSSR count). The Morgan fingerprint density at radius 1 is 1.10 bits per heavy atom. The highest BCUT2D eigenvalue weighted by molar-refractivity contribution is 5.20. The van der Waals surface area contributed by atoms with Gasteiger partial charge in [-0.1, -0.05) is 18.2 Å². The molecule has 0 spiro atoms. The van der Waals surface area contributed by atoms with Gasteiger partial charge in [0.2, 0.25) is 0 Å². The normalized spacial score (nSPS) is 22.4. The molecule has 1 unspecified atom stereocenters. The number of rotatable bonds is 8. The quantitative estimate of drug-likeness (QED) is 0.788. The van der Waals surface area contributed by atoms with Crippen molar-refractivity contribution < 1.29 is 4.74 Å². The summed E-state index contributed by atoms with van der Waals surface area (Å²) in [5.41, 5.74) is 0. The van der Waals surface area contributed by atoms with Crippen molar-refractivity contribution in [3.8, 4) is 5.75 Å². The summed E-state index contributed by atoms with van der Waals surface area (Å²) in [6.07, 6.45) is 5.52. The molecule has 20 heavy (non-hydrogen) atoms. The minimum atomic E-state index is 0.700. The van der Waals surface area contributed by atoms with Crippen molar-refractivity contribution in [3.63, 3.8) is 0 Å². The lowest BCUT2D eigenvalue weighted by atomic mass is 10.2. The highest BCUT2D eigenvalue weighted by atomic mass is 16.5. The molecule has 0 radical (unpaired) electrons. The molecule has 1 atom stereocenters. The first-order valence-corrected chi connectivity index (χ1v) is 8.04. The molecule has 1 aliphatic carbocycles. The maximum Gasteiger partial charge on any atom is 0.119 e. The van der Waals surface area contributed by atoms with Crippen LogP contribution < -0.4 is 10.1 Å². The molecule has 0 amide bonds. The van der Waals surface area contributed by atoms with Gasteiger partial charge in [0.05, 0.1) is 0 Å². The van der Waals surface area contributed by atoms with E-state index < -0.39 is 0 Å². The maximum absolute atomic E-state index is 5.84. The molecule has 1 aromatic rings. The first-order chi connectivity index (χ1) is 9.90. The van der Waals surface area contributed by atoms with Gasteiger partial charge in [-0.3, -0.25) is 4.90 Å². The van der Waals surface area contributed by atoms with Crippen molar-refractivity contribution in [2.24, 2.45) is 5.92 Å². The molecule has 110 valence electrons. The first kappa shape index (κ1) is 13.9. The number of ether oxygens (including phenoxy) is 1. The average Bonchev–Trinajstić information content (AvgIpc) is 3.13. The van der Waals surface area contributed by atoms with E-state index in [1.54, 1.807) is 0 Å². The van der Waals surface area contributed by atoms with Gasteiger partial charge in [0.1, 0.15) is 12.4 Å². The van der Waals surface area contributed by atoms with E-state index in [1.165, 1.54) is 45.3 Å². The van der Waals surface area contributed by atoms with E-state index in [2.05, 4.69) is 10.2 Å². The summed E-state index contributed by atoms with van der Waals surface area (Å²) in [5, 5.41) is 3.61. The van der Waals surface area contributed by atoms with Gasteiger partial charge in [-0.2, -0.15) is 0 Å². The zero-order valence-corrected chi connectivity index (χ0v) is 12.3. The fourth-order valence-corrected chi connectivity index (χ4v) is 2.96. The van der Waals surface area contributed by atoms with Crippen molar-refractivity contribution in [2.45, 2.75) is 31.7 Å². The van der Waals surface area contributed by atoms with Crippen LogP contribution in [0, 0.1) is 5.92 Å². The monoisotopic (exact) mass is 274 g/mol. The third-order valence-electron chi connectivity index (χ3n) is 4.27. The van der Waals surface area contributed by atoms with Gasteiger partial charge in [-0.25, -0.2) is 0 Å². The molecule has 1 aliphatic heterocycles. The number of para-hydroxylation sites is 1. The second-order valence-electron chi connectivity index (χ2n) is 6.16. The highest BCUT2D eigenvalue weighted by Crippen LogP contribution is 2.29. The molecule has 1 heterocycles. The number of nitrogens with zero attached hydrogens (tertiary/aromatic N) is 1. The molecule has 1 N–H and O–H groups in total. The van der Waals surface area contributed by atoms with Crippen LogP contribution >= 0.6 is 0 Å². The van der Waals surface area contributed by atoms with Crippen LogP contribution in [0.3, 0.4) is 0 Å². The average molecular weight is 274 g/mol. The summed E-state index contributed by atoms with van der Waals surface area (Å²) in [4.78, 5) is 2.60. The van der Waals surface area contributed by atoms with Crippen molar-refractivity contribution in [1.82, 2.24) is 10.2 Å². The van der Waals surface area contributed by atoms with Crippen LogP contribution in [0.4, 0.5) is 0 Å². The van der Waals surface area contributed by atoms with Crippen LogP contribution in [-0.2, 0) is 0 Å². The molecule has 1 saturated heterocycles. The third kappa shape index (κ3) is 4.50. The molecule has 1 saturated carbocycles. The number of hydrogen-bond donors (Lipinski definition) is 1. The summed E-state index contributed by atoms with van der Waals surface area (Å²) in [6.45, 7) is 5.49. The van der Waals surface area contributed by atoms with Crippen molar-refractivity contribution >= 4 is 0 Å². The van der Waals surface area contributed by atoms with E-state index in [-0.39, 0.29) is 0 Å². The SMILES string of the molecule is c1ccc(OCCN(CC2CC2)CC2CCCN2)cc1. The predicted molar refractivity (Wildman–Crippen MR) is 82.1 cm³/mol. The molecule has 0 bridgehead atoms. The Bertz CT molecular complexity index is 385. The van der Waals surface area contributed by atoms with Gasteiger partial charge in [-0.15, -0.1) is 0 Å². The van der Waals surface area contributed by atoms with Crippen LogP contribution in [0.2, 0.25) is 0 Å². The van der Waals surface area contributed by atoms with Gasteiger partial charge >= 0.3 is 0 Å². The molecule has 2 aliphatic rings. The lowest BCUT2D eigenvalue weighted by Crippen LogP contribution is -2.40. The molecular weight excluding hydrogens is 248 g/mol. The summed E-state index contributed by atoms with van der Waals surface area (Å²) in [5.74, 6) is 1.94. The lowest BCUT2D eigenvalue weighted by Gasteiger charge is -2.25. The Labute approximate surface area is 122 Å². The Morgan fingerprint density at radius 3 is 2.65 bits per heavy atom. The van der Waals surface area contributed by atoms with E-state index in [0.29, 0.717) is 6.04 Å². The first-order valence-electron chi connectivity index (χ1n) is 8.04. The summed E-state index contributed by atoms with van der Waals surface area (Å²) in [6, 6.07) is 10.8. The zero-order valence-electron chi connectivity index (χ0n) is 12.3. The van der Waals surface area contributed by atoms with Gasteiger partial charge in [0, 0.05) is 25.7 Å². The van der Waals surface area contributed by atoms with Gasteiger partial charge < -0.3 is 10.1 Å². The molecule has 3 nitrogen and oxygen atoms in total. The largest absolute Gasteiger partial charge is 0.492 e. The van der Waals surface area contributed by atoms with Gasteiger partial charge in [0.25, 0.3) is 0 Å². The van der Waals surface area contributed by atoms with E-state index in [9.17, 15) is 0 Å². The summed E-state index contributed by atoms with van der Waals surface area (Å²) in [7, 11) is 0. The van der Waals surface area contributed by atoms with Gasteiger partial charge in [0.15, 0.2) is 0 Å². The van der Waals surface area contributed by atoms with Crippen molar-refractivity contribution in [3.05, 3.63) is 30.3 Å². The van der Waals surface area contributed by atoms with E-state index in [1.807, 2.05) is 30.3 Å². The van der Waals surface area contributed by atoms with Gasteiger partial charge in [-0.05, 0) is 50.3 Å². The standard InChI is InChI=1S/C17H26N2O/c1-2-6-17(7-3-1)20-12-11-19(13-15-8-9-15)14-16-5-4-10-18-16/h1-3,6-7,15-16,18H,4-5,8-14H2. The Kier molecular flexibility index (Phi) is 4.93. The van der Waals surface area contributed by atoms with Crippen LogP contribution in [0.1, 0.15) is 25.7 Å². The predicted octanol–water partition coefficient (Wildman–Crippen LogP) is 2.53. The number of benzene rings is 1. The molecule has 1 aromatic carbocycles.